The third kappa shape index (κ3) is 7.77. The molecule has 0 unspecified atom stereocenters. The first kappa shape index (κ1) is 28.0. The number of rotatable bonds is 8. The van der Waals surface area contributed by atoms with E-state index in [1.54, 1.807) is 0 Å². The second kappa shape index (κ2) is 11.8. The van der Waals surface area contributed by atoms with Crippen molar-refractivity contribution < 1.29 is 14.6 Å². The lowest BCUT2D eigenvalue weighted by atomic mass is 9.78. The van der Waals surface area contributed by atoms with Crippen LogP contribution in [0.25, 0.3) is 12.2 Å². The number of phenols is 1. The zero-order chi connectivity index (χ0) is 28.0. The predicted molar refractivity (Wildman–Crippen MR) is 162 cm³/mol. The first-order valence-electron chi connectivity index (χ1n) is 13.5. The molecule has 0 spiro atoms. The molecule has 0 aromatic heterocycles. The molecule has 1 N–H and O–H groups in total. The molecule has 4 aromatic rings. The molecule has 0 saturated heterocycles. The average Bonchev–Trinajstić information content (AvgIpc) is 2.90. The van der Waals surface area contributed by atoms with Crippen molar-refractivity contribution in [3.8, 4) is 17.2 Å². The third-order valence-electron chi connectivity index (χ3n) is 6.62. The van der Waals surface area contributed by atoms with Crippen LogP contribution in [0.15, 0.2) is 91.0 Å². The van der Waals surface area contributed by atoms with Crippen molar-refractivity contribution in [3.05, 3.63) is 124 Å². The molecule has 0 saturated carbocycles. The predicted octanol–water partition coefficient (Wildman–Crippen LogP) is 9.32. The first-order valence-corrected chi connectivity index (χ1v) is 13.5. The number of benzene rings is 4. The van der Waals surface area contributed by atoms with Crippen LogP contribution in [0.3, 0.4) is 0 Å². The maximum absolute atomic E-state index is 11.1. The maximum atomic E-state index is 11.1. The average molecular weight is 521 g/mol. The molecule has 0 atom stereocenters. The van der Waals surface area contributed by atoms with Gasteiger partial charge in [0.15, 0.2) is 0 Å². The highest BCUT2D eigenvalue weighted by Gasteiger charge is 2.26. The lowest BCUT2D eigenvalue weighted by Gasteiger charge is -2.27. The van der Waals surface area contributed by atoms with E-state index in [1.165, 1.54) is 0 Å². The zero-order valence-electron chi connectivity index (χ0n) is 24.0. The number of ether oxygens (including phenoxy) is 2. The zero-order valence-corrected chi connectivity index (χ0v) is 24.0. The fraction of sp³-hybridized carbons (Fsp3) is 0.278. The van der Waals surface area contributed by atoms with Crippen molar-refractivity contribution in [1.82, 2.24) is 0 Å². The fourth-order valence-corrected chi connectivity index (χ4v) is 4.43. The monoisotopic (exact) mass is 520 g/mol. The lowest BCUT2D eigenvalue weighted by Crippen LogP contribution is -2.17. The van der Waals surface area contributed by atoms with Crippen LogP contribution in [0, 0.1) is 0 Å². The van der Waals surface area contributed by atoms with Gasteiger partial charge in [0, 0.05) is 17.2 Å². The molecule has 0 aliphatic rings. The summed E-state index contributed by atoms with van der Waals surface area (Å²) >= 11 is 0. The van der Waals surface area contributed by atoms with Crippen LogP contribution in [-0.4, -0.2) is 5.11 Å². The van der Waals surface area contributed by atoms with E-state index in [2.05, 4.69) is 90.1 Å². The van der Waals surface area contributed by atoms with E-state index in [0.717, 1.165) is 44.9 Å². The van der Waals surface area contributed by atoms with E-state index >= 15 is 0 Å². The molecule has 0 aliphatic carbocycles. The molecule has 4 aromatic carbocycles. The summed E-state index contributed by atoms with van der Waals surface area (Å²) in [5, 5.41) is 11.1. The summed E-state index contributed by atoms with van der Waals surface area (Å²) in [5.41, 5.74) is 5.77. The van der Waals surface area contributed by atoms with Gasteiger partial charge in [0.05, 0.1) is 0 Å². The summed E-state index contributed by atoms with van der Waals surface area (Å²) < 4.78 is 12.3. The van der Waals surface area contributed by atoms with Gasteiger partial charge in [-0.3, -0.25) is 0 Å². The SMILES string of the molecule is CC(C)(C)c1cc(/C=C/c2cc(OCc3ccccc3)cc(OCc3ccccc3)c2)cc(C(C)(C)C)c1O. The smallest absolute Gasteiger partial charge is 0.124 e. The Morgan fingerprint density at radius 2 is 0.949 bits per heavy atom. The minimum atomic E-state index is -0.183. The maximum Gasteiger partial charge on any atom is 0.124 e. The summed E-state index contributed by atoms with van der Waals surface area (Å²) in [6.07, 6.45) is 4.18. The largest absolute Gasteiger partial charge is 0.507 e. The Balaban J connectivity index is 1.66. The molecule has 0 fully saturated rings. The fourth-order valence-electron chi connectivity index (χ4n) is 4.43. The van der Waals surface area contributed by atoms with Crippen molar-refractivity contribution >= 4 is 12.2 Å². The summed E-state index contributed by atoms with van der Waals surface area (Å²) in [6, 6.07) is 30.5. The van der Waals surface area contributed by atoms with Gasteiger partial charge in [0.1, 0.15) is 30.5 Å². The van der Waals surface area contributed by atoms with Crippen LogP contribution in [0.4, 0.5) is 0 Å². The summed E-state index contributed by atoms with van der Waals surface area (Å²) in [7, 11) is 0. The molecule has 0 heterocycles. The summed E-state index contributed by atoms with van der Waals surface area (Å²) in [5.74, 6) is 1.89. The number of aromatic hydroxyl groups is 1. The summed E-state index contributed by atoms with van der Waals surface area (Å²) in [4.78, 5) is 0. The van der Waals surface area contributed by atoms with Gasteiger partial charge in [0.25, 0.3) is 0 Å². The molecule has 0 bridgehead atoms. The molecule has 39 heavy (non-hydrogen) atoms. The van der Waals surface area contributed by atoms with E-state index in [1.807, 2.05) is 54.6 Å². The Kier molecular flexibility index (Phi) is 8.50. The van der Waals surface area contributed by atoms with E-state index in [9.17, 15) is 5.11 Å². The quantitative estimate of drug-likeness (QED) is 0.235. The van der Waals surface area contributed by atoms with Gasteiger partial charge >= 0.3 is 0 Å². The minimum Gasteiger partial charge on any atom is -0.507 e. The van der Waals surface area contributed by atoms with Crippen molar-refractivity contribution in [3.63, 3.8) is 0 Å². The molecule has 4 rings (SSSR count). The number of phenolic OH excluding ortho intramolecular Hbond substituents is 1. The van der Waals surface area contributed by atoms with Crippen molar-refractivity contribution in [1.29, 1.82) is 0 Å². The van der Waals surface area contributed by atoms with Gasteiger partial charge < -0.3 is 14.6 Å². The van der Waals surface area contributed by atoms with Crippen molar-refractivity contribution in [2.75, 3.05) is 0 Å². The highest BCUT2D eigenvalue weighted by Crippen LogP contribution is 2.40. The van der Waals surface area contributed by atoms with E-state index in [0.29, 0.717) is 19.0 Å². The normalized spacial score (nSPS) is 12.1. The van der Waals surface area contributed by atoms with Crippen LogP contribution in [0.2, 0.25) is 0 Å². The van der Waals surface area contributed by atoms with Crippen molar-refractivity contribution in [2.45, 2.75) is 65.6 Å². The Hall–Kier alpha value is -3.98. The Bertz CT molecular complexity index is 1310. The van der Waals surface area contributed by atoms with Crippen LogP contribution in [0.1, 0.15) is 74.9 Å². The molecule has 0 radical (unpaired) electrons. The van der Waals surface area contributed by atoms with E-state index in [-0.39, 0.29) is 10.8 Å². The van der Waals surface area contributed by atoms with Gasteiger partial charge in [-0.25, -0.2) is 0 Å². The Morgan fingerprint density at radius 1 is 0.564 bits per heavy atom. The standard InChI is InChI=1S/C36H40O3/c1-35(2,3)32-21-29(22-33(34(32)37)36(4,5)6)18-17-28-19-30(38-24-26-13-9-7-10-14-26)23-31(20-28)39-25-27-15-11-8-12-16-27/h7-23,37H,24-25H2,1-6H3/b18-17+. The van der Waals surface area contributed by atoms with E-state index < -0.39 is 0 Å². The minimum absolute atomic E-state index is 0.183. The third-order valence-corrected chi connectivity index (χ3v) is 6.62. The Morgan fingerprint density at radius 3 is 1.33 bits per heavy atom. The molecule has 0 amide bonds. The van der Waals surface area contributed by atoms with Crippen molar-refractivity contribution in [2.24, 2.45) is 0 Å². The van der Waals surface area contributed by atoms with Crippen LogP contribution >= 0.6 is 0 Å². The van der Waals surface area contributed by atoms with Gasteiger partial charge in [-0.2, -0.15) is 0 Å². The molecule has 0 aliphatic heterocycles. The van der Waals surface area contributed by atoms with Crippen LogP contribution in [-0.2, 0) is 24.0 Å². The number of hydrogen-bond acceptors (Lipinski definition) is 3. The molecular weight excluding hydrogens is 480 g/mol. The van der Waals surface area contributed by atoms with Crippen LogP contribution in [0.5, 0.6) is 17.2 Å². The topological polar surface area (TPSA) is 38.7 Å². The lowest BCUT2D eigenvalue weighted by molar-refractivity contribution is 0.290. The first-order chi connectivity index (χ1) is 18.5. The molecule has 3 heteroatoms. The second-order valence-corrected chi connectivity index (χ2v) is 12.1. The molecule has 3 nitrogen and oxygen atoms in total. The van der Waals surface area contributed by atoms with Gasteiger partial charge in [-0.15, -0.1) is 0 Å². The van der Waals surface area contributed by atoms with Gasteiger partial charge in [-0.1, -0.05) is 114 Å². The van der Waals surface area contributed by atoms with Gasteiger partial charge in [0.2, 0.25) is 0 Å². The van der Waals surface area contributed by atoms with Crippen LogP contribution < -0.4 is 9.47 Å². The molecule has 202 valence electrons. The highest BCUT2D eigenvalue weighted by atomic mass is 16.5. The summed E-state index contributed by atoms with van der Waals surface area (Å²) in [6.45, 7) is 13.7. The second-order valence-electron chi connectivity index (χ2n) is 12.1. The van der Waals surface area contributed by atoms with E-state index in [4.69, 9.17) is 9.47 Å². The van der Waals surface area contributed by atoms with Gasteiger partial charge in [-0.05, 0) is 57.3 Å². The Labute approximate surface area is 233 Å². The highest BCUT2D eigenvalue weighted by molar-refractivity contribution is 5.73. The number of hydrogen-bond donors (Lipinski definition) is 1. The molecular formula is C36H40O3.